The van der Waals surface area contributed by atoms with Crippen molar-refractivity contribution in [1.82, 2.24) is 0 Å². The van der Waals surface area contributed by atoms with Gasteiger partial charge >= 0.3 is 0 Å². The van der Waals surface area contributed by atoms with E-state index >= 15 is 0 Å². The van der Waals surface area contributed by atoms with E-state index in [4.69, 9.17) is 0 Å². The van der Waals surface area contributed by atoms with Crippen LogP contribution in [0.1, 0.15) is 35.4 Å². The molecule has 0 heteroatoms. The highest BCUT2D eigenvalue weighted by atomic mass is 14.4. The fraction of sp³-hybridized carbons (Fsp3) is 0.263. The van der Waals surface area contributed by atoms with Gasteiger partial charge in [0.1, 0.15) is 0 Å². The number of fused-ring (bicyclic) bond motifs is 5. The summed E-state index contributed by atoms with van der Waals surface area (Å²) in [5.41, 5.74) is 7.52. The van der Waals surface area contributed by atoms with Crippen molar-refractivity contribution in [2.75, 3.05) is 0 Å². The molecule has 19 heavy (non-hydrogen) atoms. The predicted octanol–water partition coefficient (Wildman–Crippen LogP) is 4.94. The van der Waals surface area contributed by atoms with Gasteiger partial charge in [-0.05, 0) is 42.0 Å². The maximum Gasteiger partial charge on any atom is 0.0131 e. The number of hydrogen-bond acceptors (Lipinski definition) is 0. The number of hydrogen-bond donors (Lipinski definition) is 0. The van der Waals surface area contributed by atoms with Crippen LogP contribution in [0.4, 0.5) is 0 Å². The van der Waals surface area contributed by atoms with Crippen molar-refractivity contribution in [3.63, 3.8) is 0 Å². The van der Waals surface area contributed by atoms with Gasteiger partial charge in [0.2, 0.25) is 0 Å². The van der Waals surface area contributed by atoms with E-state index < -0.39 is 0 Å². The number of allylic oxidation sites excluding steroid dienone is 8. The van der Waals surface area contributed by atoms with Crippen molar-refractivity contribution < 1.29 is 0 Å². The Labute approximate surface area is 114 Å². The number of benzene rings is 1. The van der Waals surface area contributed by atoms with Crippen LogP contribution in [0.5, 0.6) is 0 Å². The Morgan fingerprint density at radius 1 is 1.05 bits per heavy atom. The third-order valence-corrected chi connectivity index (χ3v) is 4.59. The third kappa shape index (κ3) is 1.59. The van der Waals surface area contributed by atoms with Gasteiger partial charge in [-0.3, -0.25) is 0 Å². The molecule has 0 amide bonds. The van der Waals surface area contributed by atoms with E-state index in [1.165, 1.54) is 29.5 Å². The topological polar surface area (TPSA) is 0 Å². The molecule has 4 rings (SSSR count). The van der Waals surface area contributed by atoms with Gasteiger partial charge in [-0.1, -0.05) is 60.2 Å². The van der Waals surface area contributed by atoms with Crippen molar-refractivity contribution in [1.29, 1.82) is 0 Å². The van der Waals surface area contributed by atoms with Gasteiger partial charge in [0.15, 0.2) is 0 Å². The molecule has 0 heterocycles. The molecule has 0 fully saturated rings. The summed E-state index contributed by atoms with van der Waals surface area (Å²) >= 11 is 0. The highest BCUT2D eigenvalue weighted by Crippen LogP contribution is 2.48. The largest absolute Gasteiger partial charge is 0.0839 e. The summed E-state index contributed by atoms with van der Waals surface area (Å²) in [5.74, 6) is 1.08. The second kappa shape index (κ2) is 4.09. The fourth-order valence-corrected chi connectivity index (χ4v) is 3.72. The summed E-state index contributed by atoms with van der Waals surface area (Å²) in [6, 6.07) is 6.98. The van der Waals surface area contributed by atoms with Crippen LogP contribution >= 0.6 is 0 Å². The predicted molar refractivity (Wildman–Crippen MR) is 81.0 cm³/mol. The van der Waals surface area contributed by atoms with Crippen LogP contribution in [-0.2, 0) is 0 Å². The Bertz CT molecular complexity index is 653. The first-order valence-corrected chi connectivity index (χ1v) is 7.20. The van der Waals surface area contributed by atoms with Gasteiger partial charge in [0, 0.05) is 11.8 Å². The zero-order valence-electron chi connectivity index (χ0n) is 11.3. The molecule has 0 saturated heterocycles. The van der Waals surface area contributed by atoms with Crippen LogP contribution < -0.4 is 0 Å². The van der Waals surface area contributed by atoms with E-state index in [1.807, 2.05) is 0 Å². The van der Waals surface area contributed by atoms with Crippen molar-refractivity contribution in [3.8, 4) is 0 Å². The lowest BCUT2D eigenvalue weighted by atomic mass is 9.68. The summed E-state index contributed by atoms with van der Waals surface area (Å²) in [4.78, 5) is 0. The molecule has 0 spiro atoms. The molecule has 0 bridgehead atoms. The monoisotopic (exact) mass is 246 g/mol. The van der Waals surface area contributed by atoms with E-state index in [2.05, 4.69) is 61.6 Å². The summed E-state index contributed by atoms with van der Waals surface area (Å²) in [7, 11) is 0. The van der Waals surface area contributed by atoms with Gasteiger partial charge in [-0.25, -0.2) is 0 Å². The first-order chi connectivity index (χ1) is 9.34. The average molecular weight is 246 g/mol. The Morgan fingerprint density at radius 3 is 2.79 bits per heavy atom. The number of rotatable bonds is 0. The molecule has 0 aromatic heterocycles. The lowest BCUT2D eigenvalue weighted by Crippen LogP contribution is -2.21. The highest BCUT2D eigenvalue weighted by molar-refractivity contribution is 5.79. The average Bonchev–Trinajstić information content (AvgIpc) is 2.47. The van der Waals surface area contributed by atoms with E-state index in [0.29, 0.717) is 11.8 Å². The molecular weight excluding hydrogens is 228 g/mol. The molecule has 0 saturated carbocycles. The number of aryl methyl sites for hydroxylation is 1. The van der Waals surface area contributed by atoms with Crippen LogP contribution in [0.25, 0.3) is 5.57 Å². The van der Waals surface area contributed by atoms with Crippen molar-refractivity contribution >= 4 is 5.57 Å². The van der Waals surface area contributed by atoms with Gasteiger partial charge < -0.3 is 0 Å². The molecule has 0 radical (unpaired) electrons. The maximum atomic E-state index is 2.39. The first kappa shape index (κ1) is 11.0. The minimum atomic E-state index is 0.529. The molecule has 0 N–H and O–H groups in total. The summed E-state index contributed by atoms with van der Waals surface area (Å²) in [6.45, 7) is 2.20. The Hall–Kier alpha value is -1.82. The zero-order chi connectivity index (χ0) is 12.8. The molecule has 2 unspecified atom stereocenters. The van der Waals surface area contributed by atoms with Crippen molar-refractivity contribution in [2.45, 2.75) is 25.7 Å². The van der Waals surface area contributed by atoms with Crippen LogP contribution in [0.2, 0.25) is 0 Å². The lowest BCUT2D eigenvalue weighted by Gasteiger charge is -2.36. The van der Waals surface area contributed by atoms with Gasteiger partial charge in [-0.2, -0.15) is 0 Å². The second-order valence-corrected chi connectivity index (χ2v) is 5.79. The lowest BCUT2D eigenvalue weighted by molar-refractivity contribution is 0.655. The third-order valence-electron chi connectivity index (χ3n) is 4.59. The molecule has 3 aliphatic rings. The Balaban J connectivity index is 2.00. The van der Waals surface area contributed by atoms with Crippen LogP contribution in [0, 0.1) is 12.8 Å². The molecule has 3 aliphatic carbocycles. The van der Waals surface area contributed by atoms with Crippen molar-refractivity contribution in [2.24, 2.45) is 5.92 Å². The SMILES string of the molecule is Cc1ccc2c(c1)C1C=CC=CC1C1=C2CCC=C1. The minimum Gasteiger partial charge on any atom is -0.0839 e. The maximum absolute atomic E-state index is 2.39. The molecule has 1 aromatic carbocycles. The quantitative estimate of drug-likeness (QED) is 0.608. The zero-order valence-corrected chi connectivity index (χ0v) is 11.3. The van der Waals surface area contributed by atoms with E-state index in [0.717, 1.165) is 0 Å². The molecule has 94 valence electrons. The minimum absolute atomic E-state index is 0.529. The van der Waals surface area contributed by atoms with Gasteiger partial charge in [0.05, 0.1) is 0 Å². The summed E-state index contributed by atoms with van der Waals surface area (Å²) in [5, 5.41) is 0. The molecular formula is C19H18. The van der Waals surface area contributed by atoms with Crippen LogP contribution in [0.15, 0.2) is 60.2 Å². The van der Waals surface area contributed by atoms with Crippen molar-refractivity contribution in [3.05, 3.63) is 76.9 Å². The summed E-state index contributed by atoms with van der Waals surface area (Å²) < 4.78 is 0. The van der Waals surface area contributed by atoms with E-state index in [9.17, 15) is 0 Å². The fourth-order valence-electron chi connectivity index (χ4n) is 3.72. The first-order valence-electron chi connectivity index (χ1n) is 7.20. The molecule has 2 atom stereocenters. The van der Waals surface area contributed by atoms with E-state index in [-0.39, 0.29) is 0 Å². The molecule has 0 nitrogen and oxygen atoms in total. The molecule has 1 aromatic rings. The smallest absolute Gasteiger partial charge is 0.0131 e. The summed E-state index contributed by atoms with van der Waals surface area (Å²) in [6.07, 6.45) is 16.2. The van der Waals surface area contributed by atoms with Gasteiger partial charge in [0.25, 0.3) is 0 Å². The molecule has 0 aliphatic heterocycles. The second-order valence-electron chi connectivity index (χ2n) is 5.79. The normalized spacial score (nSPS) is 27.0. The standard InChI is InChI=1S/C19H18/c1-13-10-11-18-16-8-3-2-6-14(16)15-7-4-5-9-17(15)19(18)12-13/h2,4-7,9-12,15,17H,3,8H2,1H3. The van der Waals surface area contributed by atoms with Crippen LogP contribution in [0.3, 0.4) is 0 Å². The Morgan fingerprint density at radius 2 is 1.89 bits per heavy atom. The van der Waals surface area contributed by atoms with E-state index in [1.54, 1.807) is 11.1 Å². The van der Waals surface area contributed by atoms with Crippen LogP contribution in [-0.4, -0.2) is 0 Å². The highest BCUT2D eigenvalue weighted by Gasteiger charge is 2.32. The van der Waals surface area contributed by atoms with Gasteiger partial charge in [-0.15, -0.1) is 0 Å². The Kier molecular flexibility index (Phi) is 2.38.